The monoisotopic (exact) mass is 355 g/mol. The maximum atomic E-state index is 2.40. The second-order valence-electron chi connectivity index (χ2n) is 8.29. The van der Waals surface area contributed by atoms with Crippen LogP contribution in [-0.2, 0) is 5.41 Å². The van der Waals surface area contributed by atoms with E-state index in [1.807, 2.05) is 0 Å². The van der Waals surface area contributed by atoms with E-state index in [1.165, 1.54) is 39.4 Å². The highest BCUT2D eigenvalue weighted by molar-refractivity contribution is 5.75. The number of hydrogen-bond donors (Lipinski definition) is 0. The van der Waals surface area contributed by atoms with E-state index in [-0.39, 0.29) is 5.41 Å². The van der Waals surface area contributed by atoms with Gasteiger partial charge in [0.15, 0.2) is 11.0 Å². The maximum Gasteiger partial charge on any atom is 0.264 e. The summed E-state index contributed by atoms with van der Waals surface area (Å²) >= 11 is 0. The lowest BCUT2D eigenvalue weighted by atomic mass is 9.86. The quantitative estimate of drug-likeness (QED) is 0.401. The zero-order valence-corrected chi connectivity index (χ0v) is 16.8. The van der Waals surface area contributed by atoms with Crippen LogP contribution in [0, 0.1) is 13.8 Å². The molecule has 0 aliphatic rings. The van der Waals surface area contributed by atoms with Gasteiger partial charge in [0.25, 0.3) is 5.82 Å². The molecular weight excluding hydrogens is 328 g/mol. The van der Waals surface area contributed by atoms with Crippen LogP contribution in [0.5, 0.6) is 0 Å². The molecule has 0 fully saturated rings. The first kappa shape index (κ1) is 17.5. The first-order chi connectivity index (χ1) is 12.9. The zero-order chi connectivity index (χ0) is 19.2. The molecule has 1 aromatic heterocycles. The fraction of sp³-hybridized carbons (Fsp3) is 0.240. The molecule has 0 atom stereocenters. The van der Waals surface area contributed by atoms with Crippen molar-refractivity contribution in [2.75, 3.05) is 0 Å². The number of rotatable bonds is 2. The number of benzene rings is 3. The summed E-state index contributed by atoms with van der Waals surface area (Å²) in [6, 6.07) is 26.1. The summed E-state index contributed by atoms with van der Waals surface area (Å²) in [6.45, 7) is 11.2. The maximum absolute atomic E-state index is 2.40. The number of aromatic nitrogens is 2. The summed E-state index contributed by atoms with van der Waals surface area (Å²) in [5.41, 5.74) is 7.66. The van der Waals surface area contributed by atoms with Crippen LogP contribution in [0.2, 0.25) is 0 Å². The smallest absolute Gasteiger partial charge is 0.192 e. The highest BCUT2D eigenvalue weighted by Gasteiger charge is 2.26. The molecule has 2 heteroatoms. The van der Waals surface area contributed by atoms with Crippen LogP contribution in [0.15, 0.2) is 72.8 Å². The van der Waals surface area contributed by atoms with E-state index in [0.29, 0.717) is 0 Å². The number of para-hydroxylation sites is 3. The Hall–Kier alpha value is -2.87. The minimum atomic E-state index is 0.120. The van der Waals surface area contributed by atoms with E-state index in [0.717, 1.165) is 0 Å². The standard InChI is InChI=1S/C25H27N2/c1-18-15-16-20(25(3,4)5)17-24(18)27-19(2)26(21-11-7-6-8-12-21)22-13-9-10-14-23(22)27/h6-17H,1-5H3/q+1. The van der Waals surface area contributed by atoms with Crippen molar-refractivity contribution in [3.05, 3.63) is 89.7 Å². The van der Waals surface area contributed by atoms with Crippen molar-refractivity contribution in [2.45, 2.75) is 40.0 Å². The third kappa shape index (κ3) is 2.95. The predicted octanol–water partition coefficient (Wildman–Crippen LogP) is 5.82. The highest BCUT2D eigenvalue weighted by atomic mass is 15.2. The molecule has 0 bridgehead atoms. The van der Waals surface area contributed by atoms with Gasteiger partial charge in [0, 0.05) is 6.92 Å². The van der Waals surface area contributed by atoms with Gasteiger partial charge in [-0.15, -0.1) is 0 Å². The Bertz CT molecular complexity index is 1110. The summed E-state index contributed by atoms with van der Waals surface area (Å²) in [5.74, 6) is 1.21. The van der Waals surface area contributed by atoms with Gasteiger partial charge in [0.1, 0.15) is 11.4 Å². The molecule has 0 spiro atoms. The topological polar surface area (TPSA) is 8.81 Å². The minimum absolute atomic E-state index is 0.120. The molecule has 27 heavy (non-hydrogen) atoms. The van der Waals surface area contributed by atoms with Crippen molar-refractivity contribution in [1.29, 1.82) is 0 Å². The van der Waals surface area contributed by atoms with E-state index in [4.69, 9.17) is 0 Å². The third-order valence-electron chi connectivity index (χ3n) is 5.34. The van der Waals surface area contributed by atoms with Crippen molar-refractivity contribution < 1.29 is 4.57 Å². The molecule has 0 amide bonds. The number of fused-ring (bicyclic) bond motifs is 1. The fourth-order valence-electron chi connectivity index (χ4n) is 3.81. The lowest BCUT2D eigenvalue weighted by Gasteiger charge is -2.20. The largest absolute Gasteiger partial charge is 0.264 e. The average Bonchev–Trinajstić information content (AvgIpc) is 2.94. The first-order valence-electron chi connectivity index (χ1n) is 9.57. The predicted molar refractivity (Wildman–Crippen MR) is 113 cm³/mol. The molecule has 0 aliphatic heterocycles. The van der Waals surface area contributed by atoms with Gasteiger partial charge in [-0.05, 0) is 53.8 Å². The lowest BCUT2D eigenvalue weighted by molar-refractivity contribution is -0.575. The molecule has 0 saturated heterocycles. The van der Waals surface area contributed by atoms with Gasteiger partial charge >= 0.3 is 0 Å². The number of nitrogens with zero attached hydrogens (tertiary/aromatic N) is 2. The molecule has 0 N–H and O–H groups in total. The van der Waals surface area contributed by atoms with E-state index in [1.54, 1.807) is 0 Å². The molecule has 0 aliphatic carbocycles. The summed E-state index contributed by atoms with van der Waals surface area (Å²) in [5, 5.41) is 0. The number of hydrogen-bond acceptors (Lipinski definition) is 0. The van der Waals surface area contributed by atoms with Crippen LogP contribution in [0.1, 0.15) is 37.7 Å². The Balaban J connectivity index is 2.06. The van der Waals surface area contributed by atoms with Crippen LogP contribution < -0.4 is 4.57 Å². The Labute approximate surface area is 161 Å². The highest BCUT2D eigenvalue weighted by Crippen LogP contribution is 2.27. The molecule has 0 unspecified atom stereocenters. The molecular formula is C25H27N2+. The van der Waals surface area contributed by atoms with Crippen LogP contribution in [0.3, 0.4) is 0 Å². The van der Waals surface area contributed by atoms with Gasteiger partial charge in [-0.25, -0.2) is 0 Å². The van der Waals surface area contributed by atoms with Crippen LogP contribution in [0.4, 0.5) is 0 Å². The van der Waals surface area contributed by atoms with E-state index in [2.05, 4.69) is 117 Å². The van der Waals surface area contributed by atoms with Gasteiger partial charge in [-0.3, -0.25) is 0 Å². The summed E-state index contributed by atoms with van der Waals surface area (Å²) in [4.78, 5) is 0. The molecule has 0 radical (unpaired) electrons. The molecule has 2 nitrogen and oxygen atoms in total. The Morgan fingerprint density at radius 2 is 1.44 bits per heavy atom. The third-order valence-corrected chi connectivity index (χ3v) is 5.34. The van der Waals surface area contributed by atoms with Crippen molar-refractivity contribution >= 4 is 11.0 Å². The second-order valence-corrected chi connectivity index (χ2v) is 8.29. The minimum Gasteiger partial charge on any atom is -0.192 e. The number of imidazole rings is 1. The normalized spacial score (nSPS) is 11.9. The van der Waals surface area contributed by atoms with E-state index >= 15 is 0 Å². The lowest BCUT2D eigenvalue weighted by Crippen LogP contribution is -2.35. The zero-order valence-electron chi connectivity index (χ0n) is 16.8. The number of aryl methyl sites for hydroxylation is 1. The van der Waals surface area contributed by atoms with Crippen LogP contribution >= 0.6 is 0 Å². The van der Waals surface area contributed by atoms with E-state index < -0.39 is 0 Å². The Morgan fingerprint density at radius 3 is 2.15 bits per heavy atom. The van der Waals surface area contributed by atoms with Crippen LogP contribution in [-0.4, -0.2) is 4.57 Å². The summed E-state index contributed by atoms with van der Waals surface area (Å²) in [6.07, 6.45) is 0. The van der Waals surface area contributed by atoms with Crippen molar-refractivity contribution in [1.82, 2.24) is 4.57 Å². The molecule has 4 rings (SSSR count). The van der Waals surface area contributed by atoms with Gasteiger partial charge in [-0.2, -0.15) is 9.13 Å². The summed E-state index contributed by atoms with van der Waals surface area (Å²) < 4.78 is 4.74. The van der Waals surface area contributed by atoms with Gasteiger partial charge in [0.2, 0.25) is 0 Å². The van der Waals surface area contributed by atoms with E-state index in [9.17, 15) is 0 Å². The van der Waals surface area contributed by atoms with Gasteiger partial charge in [-0.1, -0.05) is 63.2 Å². The van der Waals surface area contributed by atoms with Gasteiger partial charge in [0.05, 0.1) is 0 Å². The first-order valence-corrected chi connectivity index (χ1v) is 9.57. The Kier molecular flexibility index (Phi) is 4.15. The molecule has 136 valence electrons. The van der Waals surface area contributed by atoms with Crippen LogP contribution in [0.25, 0.3) is 22.4 Å². The molecule has 0 saturated carbocycles. The fourth-order valence-corrected chi connectivity index (χ4v) is 3.81. The SMILES string of the molecule is Cc1ccc(C(C)(C)C)cc1-[n+]1c(C)n(-c2ccccc2)c2ccccc21. The summed E-state index contributed by atoms with van der Waals surface area (Å²) in [7, 11) is 0. The van der Waals surface area contributed by atoms with Gasteiger partial charge < -0.3 is 0 Å². The molecule has 3 aromatic carbocycles. The second kappa shape index (κ2) is 6.38. The Morgan fingerprint density at radius 1 is 0.778 bits per heavy atom. The molecule has 4 aromatic rings. The average molecular weight is 356 g/mol. The van der Waals surface area contributed by atoms with Crippen molar-refractivity contribution in [3.63, 3.8) is 0 Å². The van der Waals surface area contributed by atoms with Crippen molar-refractivity contribution in [2.24, 2.45) is 0 Å². The van der Waals surface area contributed by atoms with Crippen molar-refractivity contribution in [3.8, 4) is 11.4 Å². The molecule has 1 heterocycles.